The van der Waals surface area contributed by atoms with Crippen LogP contribution in [0.4, 0.5) is 13.2 Å². The first-order chi connectivity index (χ1) is 6.87. The van der Waals surface area contributed by atoms with Gasteiger partial charge in [-0.3, -0.25) is 0 Å². The number of aromatic amines is 1. The van der Waals surface area contributed by atoms with Crippen molar-refractivity contribution in [2.24, 2.45) is 0 Å². The first-order valence-electron chi connectivity index (χ1n) is 4.70. The summed E-state index contributed by atoms with van der Waals surface area (Å²) in [7, 11) is 0. The SMILES string of the molecule is CC(C)NCc1cnc(CC(F)(F)F)[nH]1. The Balaban J connectivity index is 2.49. The van der Waals surface area contributed by atoms with Crippen molar-refractivity contribution in [1.82, 2.24) is 15.3 Å². The molecule has 1 rings (SSSR count). The predicted octanol–water partition coefficient (Wildman–Crippen LogP) is 2.01. The Morgan fingerprint density at radius 3 is 2.67 bits per heavy atom. The van der Waals surface area contributed by atoms with E-state index in [2.05, 4.69) is 15.3 Å². The van der Waals surface area contributed by atoms with Crippen LogP contribution in [-0.4, -0.2) is 22.2 Å². The molecule has 0 saturated carbocycles. The van der Waals surface area contributed by atoms with Crippen LogP contribution in [-0.2, 0) is 13.0 Å². The molecule has 15 heavy (non-hydrogen) atoms. The summed E-state index contributed by atoms with van der Waals surface area (Å²) in [6.07, 6.45) is -3.79. The van der Waals surface area contributed by atoms with Crippen LogP contribution in [0.25, 0.3) is 0 Å². The summed E-state index contributed by atoms with van der Waals surface area (Å²) in [5.74, 6) is -0.0388. The van der Waals surface area contributed by atoms with Crippen molar-refractivity contribution in [2.45, 2.75) is 39.0 Å². The van der Waals surface area contributed by atoms with Gasteiger partial charge in [-0.05, 0) is 0 Å². The van der Waals surface area contributed by atoms with Crippen molar-refractivity contribution in [1.29, 1.82) is 0 Å². The Bertz CT molecular complexity index is 304. The molecule has 0 aromatic carbocycles. The highest BCUT2D eigenvalue weighted by Gasteiger charge is 2.29. The lowest BCUT2D eigenvalue weighted by Gasteiger charge is -2.05. The first kappa shape index (κ1) is 12.0. The lowest BCUT2D eigenvalue weighted by Crippen LogP contribution is -2.22. The third-order valence-corrected chi connectivity index (χ3v) is 1.75. The van der Waals surface area contributed by atoms with Crippen molar-refractivity contribution in [3.63, 3.8) is 0 Å². The number of nitrogens with one attached hydrogen (secondary N) is 2. The van der Waals surface area contributed by atoms with Crippen molar-refractivity contribution in [3.8, 4) is 0 Å². The molecule has 0 spiro atoms. The molecule has 2 N–H and O–H groups in total. The van der Waals surface area contributed by atoms with Crippen LogP contribution in [0.2, 0.25) is 0 Å². The van der Waals surface area contributed by atoms with Gasteiger partial charge in [0.25, 0.3) is 0 Å². The summed E-state index contributed by atoms with van der Waals surface area (Å²) < 4.78 is 36.0. The second kappa shape index (κ2) is 4.65. The molecule has 0 saturated heterocycles. The number of halogens is 3. The van der Waals surface area contributed by atoms with E-state index in [9.17, 15) is 13.2 Å². The van der Waals surface area contributed by atoms with Gasteiger partial charge in [0.1, 0.15) is 12.2 Å². The third kappa shape index (κ3) is 4.83. The number of hydrogen-bond donors (Lipinski definition) is 2. The van der Waals surface area contributed by atoms with E-state index < -0.39 is 12.6 Å². The molecule has 0 aliphatic rings. The zero-order valence-electron chi connectivity index (χ0n) is 8.65. The van der Waals surface area contributed by atoms with Gasteiger partial charge in [-0.2, -0.15) is 13.2 Å². The molecule has 0 aliphatic heterocycles. The molecule has 86 valence electrons. The smallest absolute Gasteiger partial charge is 0.345 e. The van der Waals surface area contributed by atoms with E-state index in [4.69, 9.17) is 0 Å². The summed E-state index contributed by atoms with van der Waals surface area (Å²) >= 11 is 0. The Labute approximate surface area is 86.1 Å². The minimum atomic E-state index is -4.21. The maximum absolute atomic E-state index is 12.0. The van der Waals surface area contributed by atoms with Gasteiger partial charge < -0.3 is 10.3 Å². The molecule has 1 aromatic heterocycles. The van der Waals surface area contributed by atoms with Crippen molar-refractivity contribution in [2.75, 3.05) is 0 Å². The number of rotatable bonds is 4. The molecule has 0 unspecified atom stereocenters. The minimum Gasteiger partial charge on any atom is -0.345 e. The first-order valence-corrected chi connectivity index (χ1v) is 4.70. The number of aromatic nitrogens is 2. The molecule has 1 aromatic rings. The second-order valence-corrected chi connectivity index (χ2v) is 3.68. The number of imidazole rings is 1. The van der Waals surface area contributed by atoms with E-state index in [-0.39, 0.29) is 5.82 Å². The van der Waals surface area contributed by atoms with Gasteiger partial charge in [0.15, 0.2) is 0 Å². The molecule has 0 radical (unpaired) electrons. The van der Waals surface area contributed by atoms with Gasteiger partial charge >= 0.3 is 6.18 Å². The molecule has 0 fully saturated rings. The van der Waals surface area contributed by atoms with E-state index in [1.54, 1.807) is 0 Å². The van der Waals surface area contributed by atoms with Gasteiger partial charge in [-0.1, -0.05) is 13.8 Å². The summed E-state index contributed by atoms with van der Waals surface area (Å²) in [6.45, 7) is 4.43. The normalized spacial score (nSPS) is 12.4. The van der Waals surface area contributed by atoms with Gasteiger partial charge in [0.2, 0.25) is 0 Å². The minimum absolute atomic E-state index is 0.0388. The van der Waals surface area contributed by atoms with Crippen LogP contribution in [0.5, 0.6) is 0 Å². The maximum atomic E-state index is 12.0. The largest absolute Gasteiger partial charge is 0.396 e. The summed E-state index contributed by atoms with van der Waals surface area (Å²) in [4.78, 5) is 6.30. The maximum Gasteiger partial charge on any atom is 0.396 e. The monoisotopic (exact) mass is 221 g/mol. The van der Waals surface area contributed by atoms with Crippen molar-refractivity contribution < 1.29 is 13.2 Å². The van der Waals surface area contributed by atoms with Gasteiger partial charge in [-0.25, -0.2) is 4.98 Å². The Morgan fingerprint density at radius 1 is 1.47 bits per heavy atom. The summed E-state index contributed by atoms with van der Waals surface area (Å²) in [6, 6.07) is 0.291. The Kier molecular flexibility index (Phi) is 3.73. The average molecular weight is 221 g/mol. The number of alkyl halides is 3. The molecule has 3 nitrogen and oxygen atoms in total. The van der Waals surface area contributed by atoms with E-state index >= 15 is 0 Å². The number of hydrogen-bond acceptors (Lipinski definition) is 2. The van der Waals surface area contributed by atoms with Gasteiger partial charge in [-0.15, -0.1) is 0 Å². The average Bonchev–Trinajstić information content (AvgIpc) is 2.45. The summed E-state index contributed by atoms with van der Waals surface area (Å²) in [5.41, 5.74) is 0.669. The molecular weight excluding hydrogens is 207 g/mol. The molecule has 0 atom stereocenters. The van der Waals surface area contributed by atoms with E-state index in [1.165, 1.54) is 6.20 Å². The topological polar surface area (TPSA) is 40.7 Å². The second-order valence-electron chi connectivity index (χ2n) is 3.68. The van der Waals surface area contributed by atoms with Crippen molar-refractivity contribution in [3.05, 3.63) is 17.7 Å². The van der Waals surface area contributed by atoms with E-state index in [1.807, 2.05) is 13.8 Å². The van der Waals surface area contributed by atoms with Crippen molar-refractivity contribution >= 4 is 0 Å². The number of nitrogens with zero attached hydrogens (tertiary/aromatic N) is 1. The Morgan fingerprint density at radius 2 is 2.13 bits per heavy atom. The van der Waals surface area contributed by atoms with Gasteiger partial charge in [0, 0.05) is 24.5 Å². The fraction of sp³-hybridized carbons (Fsp3) is 0.667. The molecule has 0 bridgehead atoms. The molecule has 6 heteroatoms. The van der Waals surface area contributed by atoms with Gasteiger partial charge in [0.05, 0.1) is 0 Å². The van der Waals surface area contributed by atoms with E-state index in [0.29, 0.717) is 18.3 Å². The standard InChI is InChI=1S/C9H14F3N3/c1-6(2)13-4-7-5-14-8(15-7)3-9(10,11)12/h5-6,13H,3-4H2,1-2H3,(H,14,15). The lowest BCUT2D eigenvalue weighted by atomic mass is 10.3. The van der Waals surface area contributed by atoms with Crippen LogP contribution in [0.3, 0.4) is 0 Å². The fourth-order valence-corrected chi connectivity index (χ4v) is 1.09. The quantitative estimate of drug-likeness (QED) is 0.816. The van der Waals surface area contributed by atoms with Crippen LogP contribution >= 0.6 is 0 Å². The highest BCUT2D eigenvalue weighted by molar-refractivity contribution is 5.02. The number of H-pyrrole nitrogens is 1. The highest BCUT2D eigenvalue weighted by Crippen LogP contribution is 2.19. The lowest BCUT2D eigenvalue weighted by molar-refractivity contribution is -0.128. The summed E-state index contributed by atoms with van der Waals surface area (Å²) in [5, 5.41) is 3.09. The molecule has 0 amide bonds. The molecule has 1 heterocycles. The van der Waals surface area contributed by atoms with Crippen LogP contribution in [0, 0.1) is 0 Å². The van der Waals surface area contributed by atoms with E-state index in [0.717, 1.165) is 0 Å². The van der Waals surface area contributed by atoms with Crippen LogP contribution < -0.4 is 5.32 Å². The van der Waals surface area contributed by atoms with Crippen LogP contribution in [0.15, 0.2) is 6.20 Å². The Hall–Kier alpha value is -1.04. The highest BCUT2D eigenvalue weighted by atomic mass is 19.4. The molecule has 0 aliphatic carbocycles. The predicted molar refractivity (Wildman–Crippen MR) is 50.3 cm³/mol. The third-order valence-electron chi connectivity index (χ3n) is 1.75. The fourth-order valence-electron chi connectivity index (χ4n) is 1.09. The molecular formula is C9H14F3N3. The zero-order chi connectivity index (χ0) is 11.5. The zero-order valence-corrected chi connectivity index (χ0v) is 8.65. The van der Waals surface area contributed by atoms with Crippen LogP contribution in [0.1, 0.15) is 25.4 Å².